The zero-order chi connectivity index (χ0) is 17.6. The molecule has 0 amide bonds. The van der Waals surface area contributed by atoms with Gasteiger partial charge in [0.1, 0.15) is 0 Å². The van der Waals surface area contributed by atoms with Gasteiger partial charge < -0.3 is 9.26 Å². The van der Waals surface area contributed by atoms with Gasteiger partial charge in [-0.2, -0.15) is 0 Å². The number of rotatable bonds is 9. The van der Waals surface area contributed by atoms with E-state index < -0.39 is 12.8 Å². The lowest BCUT2D eigenvalue weighted by molar-refractivity contribution is 0.0530. The molecule has 1 atom stereocenters. The van der Waals surface area contributed by atoms with Crippen molar-refractivity contribution in [3.63, 3.8) is 0 Å². The van der Waals surface area contributed by atoms with Gasteiger partial charge in [0.25, 0.3) is 0 Å². The fourth-order valence-electron chi connectivity index (χ4n) is 2.01. The average Bonchev–Trinajstić information content (AvgIpc) is 2.92. The van der Waals surface area contributed by atoms with Crippen LogP contribution in [0.4, 0.5) is 0 Å². The molecule has 0 saturated heterocycles. The number of benzene rings is 1. The van der Waals surface area contributed by atoms with Crippen molar-refractivity contribution < 1.29 is 23.1 Å². The molecule has 8 heteroatoms. The predicted octanol–water partition coefficient (Wildman–Crippen LogP) is 5.74. The Hall–Kier alpha value is -1.01. The molecule has 0 fully saturated rings. The van der Waals surface area contributed by atoms with Gasteiger partial charge in [-0.3, -0.25) is 4.52 Å². The lowest BCUT2D eigenvalue weighted by atomic mass is 10.2. The van der Waals surface area contributed by atoms with Gasteiger partial charge in [-0.25, -0.2) is 9.36 Å². The lowest BCUT2D eigenvalue weighted by Gasteiger charge is -2.18. The van der Waals surface area contributed by atoms with E-state index >= 15 is 0 Å². The number of fused-ring (bicyclic) bond motifs is 1. The number of carbonyl (C=O) groups is 1. The first kappa shape index (κ1) is 19.3. The number of hydrogen-bond acceptors (Lipinski definition) is 7. The molecule has 1 unspecified atom stereocenters. The zero-order valence-corrected chi connectivity index (χ0v) is 16.5. The highest BCUT2D eigenvalue weighted by molar-refractivity contribution is 8.55. The standard InChI is InChI=1S/C16H21O5PS2/c1-4-11-23-22(18,20-6-3)21-14-12-9-7-8-10-13(12)24-15(14)16(17)19-5-2/h7-10H,4-6,11H2,1-3H3. The molecule has 1 aromatic heterocycles. The summed E-state index contributed by atoms with van der Waals surface area (Å²) in [7, 11) is 0. The maximum atomic E-state index is 13.0. The van der Waals surface area contributed by atoms with Gasteiger partial charge in [0.05, 0.1) is 13.2 Å². The Balaban J connectivity index is 2.46. The third-order valence-electron chi connectivity index (χ3n) is 2.95. The van der Waals surface area contributed by atoms with Crippen molar-refractivity contribution in [1.29, 1.82) is 0 Å². The molecule has 0 aliphatic carbocycles. The molecule has 2 rings (SSSR count). The number of thiophene rings is 1. The highest BCUT2D eigenvalue weighted by Crippen LogP contribution is 2.62. The monoisotopic (exact) mass is 388 g/mol. The van der Waals surface area contributed by atoms with E-state index in [1.54, 1.807) is 13.8 Å². The normalized spacial score (nSPS) is 13.6. The number of carbonyl (C=O) groups excluding carboxylic acids is 1. The third-order valence-corrected chi connectivity index (χ3v) is 8.01. The van der Waals surface area contributed by atoms with Crippen LogP contribution in [-0.4, -0.2) is 24.9 Å². The molecule has 24 heavy (non-hydrogen) atoms. The molecular formula is C16H21O5PS2. The van der Waals surface area contributed by atoms with Gasteiger partial charge in [-0.1, -0.05) is 19.1 Å². The molecule has 0 spiro atoms. The van der Waals surface area contributed by atoms with E-state index in [-0.39, 0.29) is 19.0 Å². The third kappa shape index (κ3) is 4.54. The Morgan fingerprint density at radius 3 is 2.62 bits per heavy atom. The molecule has 0 bridgehead atoms. The average molecular weight is 388 g/mol. The van der Waals surface area contributed by atoms with Crippen LogP contribution in [0.2, 0.25) is 0 Å². The molecule has 1 aromatic carbocycles. The van der Waals surface area contributed by atoms with Crippen LogP contribution in [0.15, 0.2) is 24.3 Å². The SMILES string of the molecule is CCCSP(=O)(OCC)Oc1c(C(=O)OCC)sc2ccccc12. The second kappa shape index (κ2) is 8.90. The highest BCUT2D eigenvalue weighted by Gasteiger charge is 2.31. The summed E-state index contributed by atoms with van der Waals surface area (Å²) in [5.41, 5.74) is 0. The van der Waals surface area contributed by atoms with Crippen molar-refractivity contribution in [3.8, 4) is 5.75 Å². The Labute approximate surface area is 150 Å². The summed E-state index contributed by atoms with van der Waals surface area (Å²) < 4.78 is 30.2. The largest absolute Gasteiger partial charge is 0.462 e. The van der Waals surface area contributed by atoms with E-state index in [0.717, 1.165) is 27.9 Å². The van der Waals surface area contributed by atoms with Crippen LogP contribution >= 0.6 is 29.5 Å². The van der Waals surface area contributed by atoms with E-state index in [1.807, 2.05) is 31.2 Å². The molecular weight excluding hydrogens is 367 g/mol. The van der Waals surface area contributed by atoms with Crippen LogP contribution in [0.5, 0.6) is 5.75 Å². The Morgan fingerprint density at radius 2 is 1.96 bits per heavy atom. The van der Waals surface area contributed by atoms with Gasteiger partial charge in [0, 0.05) is 15.8 Å². The van der Waals surface area contributed by atoms with Gasteiger partial charge in [-0.05, 0) is 43.8 Å². The van der Waals surface area contributed by atoms with Crippen LogP contribution in [0.25, 0.3) is 10.1 Å². The smallest absolute Gasteiger partial charge is 0.440 e. The Kier molecular flexibility index (Phi) is 7.16. The maximum absolute atomic E-state index is 13.0. The van der Waals surface area contributed by atoms with E-state index in [1.165, 1.54) is 11.3 Å². The van der Waals surface area contributed by atoms with Gasteiger partial charge in [0.15, 0.2) is 10.6 Å². The quantitative estimate of drug-likeness (QED) is 0.403. The van der Waals surface area contributed by atoms with Crippen LogP contribution in [0, 0.1) is 0 Å². The molecule has 1 heterocycles. The second-order valence-corrected chi connectivity index (χ2v) is 9.94. The molecule has 0 aliphatic rings. The van der Waals surface area contributed by atoms with Gasteiger partial charge in [0.2, 0.25) is 0 Å². The van der Waals surface area contributed by atoms with Gasteiger partial charge in [-0.15, -0.1) is 11.3 Å². The molecule has 5 nitrogen and oxygen atoms in total. The van der Waals surface area contributed by atoms with E-state index in [0.29, 0.717) is 10.6 Å². The maximum Gasteiger partial charge on any atom is 0.440 e. The Bertz CT molecular complexity index is 743. The summed E-state index contributed by atoms with van der Waals surface area (Å²) in [4.78, 5) is 12.6. The van der Waals surface area contributed by atoms with Crippen LogP contribution < -0.4 is 4.52 Å². The first-order valence-electron chi connectivity index (χ1n) is 7.82. The van der Waals surface area contributed by atoms with E-state index in [2.05, 4.69) is 0 Å². The Morgan fingerprint density at radius 1 is 1.21 bits per heavy atom. The summed E-state index contributed by atoms with van der Waals surface area (Å²) in [5.74, 6) is 0.459. The van der Waals surface area contributed by atoms with Crippen LogP contribution in [-0.2, 0) is 13.8 Å². The van der Waals surface area contributed by atoms with Crippen molar-refractivity contribution in [2.75, 3.05) is 19.0 Å². The minimum Gasteiger partial charge on any atom is -0.462 e. The first-order valence-corrected chi connectivity index (χ1v) is 11.8. The van der Waals surface area contributed by atoms with Crippen molar-refractivity contribution in [1.82, 2.24) is 0 Å². The molecule has 0 aliphatic heterocycles. The van der Waals surface area contributed by atoms with E-state index in [9.17, 15) is 9.36 Å². The number of ether oxygens (including phenoxy) is 1. The topological polar surface area (TPSA) is 61.8 Å². The predicted molar refractivity (Wildman–Crippen MR) is 100 cm³/mol. The second-order valence-electron chi connectivity index (χ2n) is 4.77. The minimum atomic E-state index is -3.40. The summed E-state index contributed by atoms with van der Waals surface area (Å²) in [5, 5.41) is 0.738. The van der Waals surface area contributed by atoms with Gasteiger partial charge >= 0.3 is 12.8 Å². The van der Waals surface area contributed by atoms with Crippen LogP contribution in [0.1, 0.15) is 36.9 Å². The summed E-state index contributed by atoms with van der Waals surface area (Å²) >= 11 is 2.42. The number of hydrogen-bond donors (Lipinski definition) is 0. The molecule has 0 saturated carbocycles. The summed E-state index contributed by atoms with van der Waals surface area (Å²) in [6, 6.07) is 7.46. The lowest BCUT2D eigenvalue weighted by Crippen LogP contribution is -2.05. The van der Waals surface area contributed by atoms with Crippen molar-refractivity contribution in [3.05, 3.63) is 29.1 Å². The highest BCUT2D eigenvalue weighted by atomic mass is 32.7. The molecule has 132 valence electrons. The molecule has 2 aromatic rings. The molecule has 0 N–H and O–H groups in total. The van der Waals surface area contributed by atoms with Crippen molar-refractivity contribution in [2.24, 2.45) is 0 Å². The zero-order valence-electron chi connectivity index (χ0n) is 13.9. The van der Waals surface area contributed by atoms with E-state index in [4.69, 9.17) is 13.8 Å². The van der Waals surface area contributed by atoms with Crippen LogP contribution in [0.3, 0.4) is 0 Å². The molecule has 0 radical (unpaired) electrons. The summed E-state index contributed by atoms with van der Waals surface area (Å²) in [6.45, 7) is 2.64. The summed E-state index contributed by atoms with van der Waals surface area (Å²) in [6.07, 6.45) is 0.847. The first-order chi connectivity index (χ1) is 11.5. The number of esters is 1. The fraction of sp³-hybridized carbons (Fsp3) is 0.438. The minimum absolute atomic E-state index is 0.264. The van der Waals surface area contributed by atoms with Crippen molar-refractivity contribution in [2.45, 2.75) is 27.2 Å². The van der Waals surface area contributed by atoms with Crippen molar-refractivity contribution >= 4 is 45.6 Å². The fourth-order valence-corrected chi connectivity index (χ4v) is 6.55.